The van der Waals surface area contributed by atoms with Crippen LogP contribution in [0, 0.1) is 6.92 Å². The van der Waals surface area contributed by atoms with Crippen molar-refractivity contribution in [3.8, 4) is 16.9 Å². The lowest BCUT2D eigenvalue weighted by atomic mass is 9.82. The van der Waals surface area contributed by atoms with Crippen LogP contribution >= 0.6 is 0 Å². The summed E-state index contributed by atoms with van der Waals surface area (Å²) in [5.74, 6) is 1.01. The van der Waals surface area contributed by atoms with Gasteiger partial charge in [0.2, 0.25) is 6.41 Å². The van der Waals surface area contributed by atoms with E-state index in [-0.39, 0.29) is 5.60 Å². The van der Waals surface area contributed by atoms with Crippen molar-refractivity contribution in [2.24, 2.45) is 0 Å². The van der Waals surface area contributed by atoms with Crippen molar-refractivity contribution >= 4 is 17.2 Å². The number of aromatic nitrogens is 1. The smallest absolute Gasteiger partial charge is 0.209 e. The molecule has 4 heteroatoms. The molecular weight excluding hydrogens is 348 g/mol. The maximum atomic E-state index is 11.0. The van der Waals surface area contributed by atoms with Crippen molar-refractivity contribution in [3.63, 3.8) is 0 Å². The number of nitrogens with zero attached hydrogens (tertiary/aromatic N) is 2. The second-order valence-corrected chi connectivity index (χ2v) is 8.08. The lowest BCUT2D eigenvalue weighted by Gasteiger charge is -2.43. The molecule has 1 amide bonds. The largest absolute Gasteiger partial charge is 0.487 e. The summed E-state index contributed by atoms with van der Waals surface area (Å²) in [7, 11) is 0. The van der Waals surface area contributed by atoms with E-state index in [2.05, 4.69) is 47.4 Å². The zero-order chi connectivity index (χ0) is 19.1. The van der Waals surface area contributed by atoms with E-state index in [0.29, 0.717) is 0 Å². The van der Waals surface area contributed by atoms with Crippen LogP contribution in [0.4, 0.5) is 0 Å². The van der Waals surface area contributed by atoms with Crippen molar-refractivity contribution < 1.29 is 9.53 Å². The normalized spacial score (nSPS) is 18.0. The van der Waals surface area contributed by atoms with Crippen LogP contribution < -0.4 is 4.74 Å². The molecule has 1 spiro atoms. The summed E-state index contributed by atoms with van der Waals surface area (Å²) in [5, 5.41) is 2.43. The fourth-order valence-electron chi connectivity index (χ4n) is 4.60. The summed E-state index contributed by atoms with van der Waals surface area (Å²) >= 11 is 0. The number of hydrogen-bond donors (Lipinski definition) is 0. The summed E-state index contributed by atoms with van der Waals surface area (Å²) < 4.78 is 6.48. The third kappa shape index (κ3) is 2.93. The summed E-state index contributed by atoms with van der Waals surface area (Å²) in [6.45, 7) is 3.64. The predicted octanol–water partition coefficient (Wildman–Crippen LogP) is 4.53. The topological polar surface area (TPSA) is 42.4 Å². The van der Waals surface area contributed by atoms with Gasteiger partial charge in [0.25, 0.3) is 0 Å². The Morgan fingerprint density at radius 2 is 1.82 bits per heavy atom. The summed E-state index contributed by atoms with van der Waals surface area (Å²) in [4.78, 5) is 17.2. The molecule has 3 heterocycles. The first-order valence-corrected chi connectivity index (χ1v) is 10.0. The van der Waals surface area contributed by atoms with E-state index in [1.165, 1.54) is 27.5 Å². The highest BCUT2D eigenvalue weighted by atomic mass is 16.5. The average Bonchev–Trinajstić information content (AvgIpc) is 2.74. The van der Waals surface area contributed by atoms with Gasteiger partial charge in [0.15, 0.2) is 0 Å². The van der Waals surface area contributed by atoms with Gasteiger partial charge >= 0.3 is 0 Å². The molecule has 0 radical (unpaired) electrons. The maximum absolute atomic E-state index is 11.0. The second kappa shape index (κ2) is 6.62. The Labute approximate surface area is 165 Å². The van der Waals surface area contributed by atoms with Gasteiger partial charge in [0, 0.05) is 43.2 Å². The third-order valence-electron chi connectivity index (χ3n) is 6.39. The summed E-state index contributed by atoms with van der Waals surface area (Å²) in [6, 6.07) is 15.2. The highest BCUT2D eigenvalue weighted by Gasteiger charge is 2.39. The van der Waals surface area contributed by atoms with E-state index in [4.69, 9.17) is 4.74 Å². The molecule has 4 nitrogen and oxygen atoms in total. The van der Waals surface area contributed by atoms with Crippen LogP contribution in [0.2, 0.25) is 0 Å². The van der Waals surface area contributed by atoms with Crippen LogP contribution in [0.15, 0.2) is 48.7 Å². The van der Waals surface area contributed by atoms with Crippen molar-refractivity contribution in [2.45, 2.75) is 38.2 Å². The van der Waals surface area contributed by atoms with E-state index < -0.39 is 0 Å². The first-order chi connectivity index (χ1) is 13.7. The molecule has 0 aliphatic carbocycles. The maximum Gasteiger partial charge on any atom is 0.209 e. The zero-order valence-electron chi connectivity index (χ0n) is 16.1. The van der Waals surface area contributed by atoms with Gasteiger partial charge in [0.1, 0.15) is 11.4 Å². The van der Waals surface area contributed by atoms with Crippen LogP contribution in [0.1, 0.15) is 30.5 Å². The first-order valence-electron chi connectivity index (χ1n) is 10.0. The molecule has 1 fully saturated rings. The number of amides is 1. The molecule has 2 aromatic carbocycles. The predicted molar refractivity (Wildman–Crippen MR) is 110 cm³/mol. The number of aryl methyl sites for hydroxylation is 2. The van der Waals surface area contributed by atoms with E-state index in [1.54, 1.807) is 0 Å². The quantitative estimate of drug-likeness (QED) is 0.621. The van der Waals surface area contributed by atoms with Crippen LogP contribution in [0.25, 0.3) is 21.9 Å². The Morgan fingerprint density at radius 3 is 2.64 bits per heavy atom. The fraction of sp³-hybridized carbons (Fsp3) is 0.333. The Balaban J connectivity index is 1.42. The number of fused-ring (bicyclic) bond motifs is 2. The SMILES string of the molecule is Cc1nccc2cc(-c3ccc4c(c3)CCC3(CCN(C=O)CC3)O4)ccc12. The van der Waals surface area contributed by atoms with Crippen molar-refractivity contribution in [2.75, 3.05) is 13.1 Å². The monoisotopic (exact) mass is 372 g/mol. The van der Waals surface area contributed by atoms with Crippen LogP contribution in [-0.4, -0.2) is 35.0 Å². The molecular formula is C24H24N2O2. The highest BCUT2D eigenvalue weighted by Crippen LogP contribution is 2.40. The van der Waals surface area contributed by atoms with Crippen LogP contribution in [0.5, 0.6) is 5.75 Å². The van der Waals surface area contributed by atoms with E-state index in [9.17, 15) is 4.79 Å². The second-order valence-electron chi connectivity index (χ2n) is 8.08. The molecule has 142 valence electrons. The minimum atomic E-state index is -0.0957. The van der Waals surface area contributed by atoms with Crippen molar-refractivity contribution in [3.05, 3.63) is 59.9 Å². The van der Waals surface area contributed by atoms with Gasteiger partial charge in [-0.2, -0.15) is 0 Å². The van der Waals surface area contributed by atoms with E-state index >= 15 is 0 Å². The molecule has 0 saturated carbocycles. The zero-order valence-corrected chi connectivity index (χ0v) is 16.1. The highest BCUT2D eigenvalue weighted by molar-refractivity contribution is 5.88. The molecule has 0 bridgehead atoms. The number of ether oxygens (including phenoxy) is 1. The van der Waals surface area contributed by atoms with Gasteiger partial charge in [-0.25, -0.2) is 0 Å². The summed E-state index contributed by atoms with van der Waals surface area (Å²) in [6.07, 6.45) is 6.73. The molecule has 0 unspecified atom stereocenters. The van der Waals surface area contributed by atoms with Gasteiger partial charge in [0.05, 0.1) is 0 Å². The van der Waals surface area contributed by atoms with Gasteiger partial charge in [-0.1, -0.05) is 18.2 Å². The lowest BCUT2D eigenvalue weighted by molar-refractivity contribution is -0.121. The first kappa shape index (κ1) is 17.2. The van der Waals surface area contributed by atoms with Gasteiger partial charge in [-0.05, 0) is 66.1 Å². The van der Waals surface area contributed by atoms with Gasteiger partial charge < -0.3 is 9.64 Å². The standard InChI is InChI=1S/C24H24N2O2/c1-17-22-4-2-18(14-20(22)7-11-25-17)19-3-5-23-21(15-19)6-8-24(28-23)9-12-26(16-27)13-10-24/h2-5,7,11,14-16H,6,8-10,12-13H2,1H3. The number of rotatable bonds is 2. The van der Waals surface area contributed by atoms with Crippen LogP contribution in [-0.2, 0) is 11.2 Å². The molecule has 2 aliphatic heterocycles. The van der Waals surface area contributed by atoms with Crippen molar-refractivity contribution in [1.82, 2.24) is 9.88 Å². The van der Waals surface area contributed by atoms with E-state index in [1.807, 2.05) is 18.0 Å². The van der Waals surface area contributed by atoms with Gasteiger partial charge in [-0.15, -0.1) is 0 Å². The molecule has 3 aromatic rings. The Hall–Kier alpha value is -2.88. The van der Waals surface area contributed by atoms with Gasteiger partial charge in [-0.3, -0.25) is 9.78 Å². The average molecular weight is 372 g/mol. The number of hydrogen-bond acceptors (Lipinski definition) is 3. The van der Waals surface area contributed by atoms with Crippen molar-refractivity contribution in [1.29, 1.82) is 0 Å². The number of piperidine rings is 1. The molecule has 1 aromatic heterocycles. The molecule has 5 rings (SSSR count). The molecule has 1 saturated heterocycles. The Bertz CT molecular complexity index is 1050. The third-order valence-corrected chi connectivity index (χ3v) is 6.39. The molecule has 28 heavy (non-hydrogen) atoms. The lowest BCUT2D eigenvalue weighted by Crippen LogP contribution is -2.49. The molecule has 0 atom stereocenters. The minimum Gasteiger partial charge on any atom is -0.487 e. The Kier molecular flexibility index (Phi) is 4.08. The number of carbonyl (C=O) groups is 1. The molecule has 2 aliphatic rings. The Morgan fingerprint density at radius 1 is 1.04 bits per heavy atom. The summed E-state index contributed by atoms with van der Waals surface area (Å²) in [5.41, 5.74) is 4.70. The molecule has 0 N–H and O–H groups in total. The number of carbonyl (C=O) groups excluding carboxylic acids is 1. The number of likely N-dealkylation sites (tertiary alicyclic amines) is 1. The van der Waals surface area contributed by atoms with E-state index in [0.717, 1.165) is 56.6 Å². The number of pyridine rings is 1. The number of benzene rings is 2. The minimum absolute atomic E-state index is 0.0957. The fourth-order valence-corrected chi connectivity index (χ4v) is 4.60. The van der Waals surface area contributed by atoms with Crippen LogP contribution in [0.3, 0.4) is 0 Å².